The number of thiophene rings is 1. The van der Waals surface area contributed by atoms with Gasteiger partial charge in [-0.3, -0.25) is 14.3 Å². The first-order valence-electron chi connectivity index (χ1n) is 6.02. The fourth-order valence-electron chi connectivity index (χ4n) is 2.17. The Balaban J connectivity index is 2.41. The average molecular weight is 272 g/mol. The number of nitrogens with one attached hydrogen (secondary N) is 1. The zero-order chi connectivity index (χ0) is 13.4. The van der Waals surface area contributed by atoms with E-state index in [0.29, 0.717) is 16.8 Å². The molecule has 3 aromatic rings. The van der Waals surface area contributed by atoms with Crippen molar-refractivity contribution in [3.8, 4) is 11.1 Å². The number of benzene rings is 1. The van der Waals surface area contributed by atoms with Gasteiger partial charge >= 0.3 is 5.69 Å². The molecule has 2 heterocycles. The van der Waals surface area contributed by atoms with Crippen LogP contribution in [-0.2, 0) is 6.54 Å². The van der Waals surface area contributed by atoms with Crippen molar-refractivity contribution in [2.24, 2.45) is 0 Å². The fraction of sp³-hybridized carbons (Fsp3) is 0.143. The van der Waals surface area contributed by atoms with Gasteiger partial charge in [-0.25, -0.2) is 4.79 Å². The second kappa shape index (κ2) is 4.51. The van der Waals surface area contributed by atoms with Crippen LogP contribution in [0.2, 0.25) is 0 Å². The first-order valence-corrected chi connectivity index (χ1v) is 6.90. The SMILES string of the molecule is CCn1c(=O)[nH]c2scc(-c3ccccc3)c2c1=O. The summed E-state index contributed by atoms with van der Waals surface area (Å²) >= 11 is 1.39. The van der Waals surface area contributed by atoms with Crippen LogP contribution in [0, 0.1) is 0 Å². The standard InChI is InChI=1S/C14H12N2O2S/c1-2-16-13(17)11-10(9-6-4-3-5-7-9)8-19-12(11)15-14(16)18/h3-8H,2H2,1H3,(H,15,18). The number of rotatable bonds is 2. The minimum Gasteiger partial charge on any atom is -0.298 e. The van der Waals surface area contributed by atoms with Crippen LogP contribution in [0.3, 0.4) is 0 Å². The number of H-pyrrole nitrogens is 1. The second-order valence-electron chi connectivity index (χ2n) is 4.20. The molecule has 0 aliphatic carbocycles. The fourth-order valence-corrected chi connectivity index (χ4v) is 3.12. The molecule has 0 radical (unpaired) electrons. The Kier molecular flexibility index (Phi) is 2.83. The van der Waals surface area contributed by atoms with Crippen LogP contribution in [0.1, 0.15) is 6.92 Å². The molecule has 1 aromatic carbocycles. The number of aromatic nitrogens is 2. The maximum Gasteiger partial charge on any atom is 0.329 e. The zero-order valence-electron chi connectivity index (χ0n) is 10.3. The molecule has 5 heteroatoms. The lowest BCUT2D eigenvalue weighted by Gasteiger charge is -2.02. The normalized spacial score (nSPS) is 11.0. The van der Waals surface area contributed by atoms with Gasteiger partial charge in [-0.1, -0.05) is 30.3 Å². The quantitative estimate of drug-likeness (QED) is 0.779. The lowest BCUT2D eigenvalue weighted by Crippen LogP contribution is -2.34. The Morgan fingerprint density at radius 3 is 2.63 bits per heavy atom. The number of nitrogens with zero attached hydrogens (tertiary/aromatic N) is 1. The van der Waals surface area contributed by atoms with Crippen molar-refractivity contribution in [1.29, 1.82) is 0 Å². The maximum atomic E-state index is 12.4. The molecule has 0 amide bonds. The van der Waals surface area contributed by atoms with Gasteiger partial charge in [0.05, 0.1) is 5.39 Å². The van der Waals surface area contributed by atoms with Crippen LogP contribution in [0.5, 0.6) is 0 Å². The van der Waals surface area contributed by atoms with Gasteiger partial charge in [0.2, 0.25) is 0 Å². The minimum absolute atomic E-state index is 0.221. The van der Waals surface area contributed by atoms with Crippen molar-refractivity contribution in [1.82, 2.24) is 9.55 Å². The van der Waals surface area contributed by atoms with Gasteiger partial charge in [-0.15, -0.1) is 11.3 Å². The largest absolute Gasteiger partial charge is 0.329 e. The Hall–Kier alpha value is -2.14. The summed E-state index contributed by atoms with van der Waals surface area (Å²) < 4.78 is 1.22. The molecule has 1 N–H and O–H groups in total. The van der Waals surface area contributed by atoms with Crippen LogP contribution in [0.4, 0.5) is 0 Å². The molecule has 0 spiro atoms. The molecule has 2 aromatic heterocycles. The number of aromatic amines is 1. The highest BCUT2D eigenvalue weighted by molar-refractivity contribution is 7.17. The maximum absolute atomic E-state index is 12.4. The van der Waals surface area contributed by atoms with Gasteiger partial charge < -0.3 is 0 Å². The molecule has 96 valence electrons. The average Bonchev–Trinajstić information content (AvgIpc) is 2.84. The van der Waals surface area contributed by atoms with E-state index in [-0.39, 0.29) is 11.2 Å². The van der Waals surface area contributed by atoms with Crippen molar-refractivity contribution >= 4 is 21.6 Å². The van der Waals surface area contributed by atoms with E-state index in [1.54, 1.807) is 6.92 Å². The van der Waals surface area contributed by atoms with Gasteiger partial charge in [-0.05, 0) is 12.5 Å². The van der Waals surface area contributed by atoms with Crippen molar-refractivity contribution in [2.75, 3.05) is 0 Å². The molecule has 0 bridgehead atoms. The smallest absolute Gasteiger partial charge is 0.298 e. The summed E-state index contributed by atoms with van der Waals surface area (Å²) in [7, 11) is 0. The van der Waals surface area contributed by atoms with E-state index in [1.807, 2.05) is 35.7 Å². The Morgan fingerprint density at radius 2 is 1.95 bits per heavy atom. The third-order valence-electron chi connectivity index (χ3n) is 3.12. The third-order valence-corrected chi connectivity index (χ3v) is 4.01. The highest BCUT2D eigenvalue weighted by Gasteiger charge is 2.13. The van der Waals surface area contributed by atoms with Crippen LogP contribution >= 0.6 is 11.3 Å². The second-order valence-corrected chi connectivity index (χ2v) is 5.08. The van der Waals surface area contributed by atoms with Crippen molar-refractivity contribution < 1.29 is 0 Å². The monoisotopic (exact) mass is 272 g/mol. The minimum atomic E-state index is -0.346. The summed E-state index contributed by atoms with van der Waals surface area (Å²) in [4.78, 5) is 27.5. The van der Waals surface area contributed by atoms with Gasteiger partial charge in [0.15, 0.2) is 0 Å². The van der Waals surface area contributed by atoms with Gasteiger partial charge in [-0.2, -0.15) is 0 Å². The van der Waals surface area contributed by atoms with E-state index in [1.165, 1.54) is 15.9 Å². The summed E-state index contributed by atoms with van der Waals surface area (Å²) in [5, 5.41) is 2.51. The predicted molar refractivity (Wildman–Crippen MR) is 77.8 cm³/mol. The molecule has 0 aliphatic heterocycles. The van der Waals surface area contributed by atoms with Crippen LogP contribution < -0.4 is 11.2 Å². The summed E-state index contributed by atoms with van der Waals surface area (Å²) in [5.41, 5.74) is 1.30. The van der Waals surface area contributed by atoms with Crippen molar-refractivity contribution in [3.05, 3.63) is 56.5 Å². The molecule has 3 rings (SSSR count). The van der Waals surface area contributed by atoms with Crippen molar-refractivity contribution in [3.63, 3.8) is 0 Å². The Labute approximate surface area is 113 Å². The molecule has 0 saturated carbocycles. The molecule has 0 saturated heterocycles. The van der Waals surface area contributed by atoms with E-state index < -0.39 is 0 Å². The molecular formula is C14H12N2O2S. The predicted octanol–water partition coefficient (Wildman–Crippen LogP) is 2.44. The van der Waals surface area contributed by atoms with E-state index in [2.05, 4.69) is 4.98 Å². The van der Waals surface area contributed by atoms with E-state index in [4.69, 9.17) is 0 Å². The highest BCUT2D eigenvalue weighted by atomic mass is 32.1. The Bertz CT molecular complexity index is 843. The molecule has 4 nitrogen and oxygen atoms in total. The topological polar surface area (TPSA) is 54.9 Å². The lowest BCUT2D eigenvalue weighted by atomic mass is 10.1. The van der Waals surface area contributed by atoms with Crippen LogP contribution in [-0.4, -0.2) is 9.55 Å². The number of hydrogen-bond acceptors (Lipinski definition) is 3. The van der Waals surface area contributed by atoms with E-state index in [9.17, 15) is 9.59 Å². The third kappa shape index (κ3) is 1.82. The first-order chi connectivity index (χ1) is 9.22. The molecule has 0 fully saturated rings. The number of fused-ring (bicyclic) bond motifs is 1. The summed E-state index contributed by atoms with van der Waals surface area (Å²) in [6, 6.07) is 9.72. The van der Waals surface area contributed by atoms with Crippen LogP contribution in [0.15, 0.2) is 45.3 Å². The molecular weight excluding hydrogens is 260 g/mol. The molecule has 19 heavy (non-hydrogen) atoms. The van der Waals surface area contributed by atoms with E-state index in [0.717, 1.165) is 11.1 Å². The summed E-state index contributed by atoms with van der Waals surface area (Å²) in [6.45, 7) is 2.16. The van der Waals surface area contributed by atoms with Gasteiger partial charge in [0, 0.05) is 17.5 Å². The van der Waals surface area contributed by atoms with Crippen molar-refractivity contribution in [2.45, 2.75) is 13.5 Å². The molecule has 0 atom stereocenters. The lowest BCUT2D eigenvalue weighted by molar-refractivity contribution is 0.685. The van der Waals surface area contributed by atoms with Gasteiger partial charge in [0.1, 0.15) is 4.83 Å². The Morgan fingerprint density at radius 1 is 1.21 bits per heavy atom. The number of hydrogen-bond donors (Lipinski definition) is 1. The molecule has 0 unspecified atom stereocenters. The molecule has 0 aliphatic rings. The van der Waals surface area contributed by atoms with Crippen LogP contribution in [0.25, 0.3) is 21.3 Å². The summed E-state index contributed by atoms with van der Waals surface area (Å²) in [5.74, 6) is 0. The van der Waals surface area contributed by atoms with E-state index >= 15 is 0 Å². The highest BCUT2D eigenvalue weighted by Crippen LogP contribution is 2.29. The summed E-state index contributed by atoms with van der Waals surface area (Å²) in [6.07, 6.45) is 0. The first kappa shape index (κ1) is 11.9. The van der Waals surface area contributed by atoms with Gasteiger partial charge in [0.25, 0.3) is 5.56 Å². The zero-order valence-corrected chi connectivity index (χ0v) is 11.2.